The zero-order chi connectivity index (χ0) is 9.31. The zero-order valence-corrected chi connectivity index (χ0v) is 8.51. The van der Waals surface area contributed by atoms with Crippen molar-refractivity contribution >= 4 is 0 Å². The van der Waals surface area contributed by atoms with E-state index in [2.05, 4.69) is 12.2 Å². The molecule has 0 saturated carbocycles. The van der Waals surface area contributed by atoms with Gasteiger partial charge in [-0.15, -0.1) is 0 Å². The van der Waals surface area contributed by atoms with Gasteiger partial charge in [0.25, 0.3) is 0 Å². The van der Waals surface area contributed by atoms with E-state index in [1.54, 1.807) is 0 Å². The smallest absolute Gasteiger partial charge is 0.155 e. The van der Waals surface area contributed by atoms with Crippen LogP contribution in [0.2, 0.25) is 0 Å². The van der Waals surface area contributed by atoms with Gasteiger partial charge in [-0.25, -0.2) is 0 Å². The minimum atomic E-state index is -0.0192. The van der Waals surface area contributed by atoms with Crippen LogP contribution in [0.25, 0.3) is 0 Å². The second-order valence-electron chi connectivity index (χ2n) is 4.23. The van der Waals surface area contributed by atoms with Gasteiger partial charge in [0.05, 0.1) is 12.2 Å². The zero-order valence-electron chi connectivity index (χ0n) is 8.51. The monoisotopic (exact) mass is 185 g/mol. The maximum atomic E-state index is 5.96. The standard InChI is InChI=1S/C10H19NO2/c1-8-7-12-9(2)13-10(8)3-5-11-6-4-10/h8-9,11H,3-7H2,1-2H3. The summed E-state index contributed by atoms with van der Waals surface area (Å²) in [5.41, 5.74) is 0.100. The molecule has 76 valence electrons. The minimum Gasteiger partial charge on any atom is -0.353 e. The molecule has 0 radical (unpaired) electrons. The highest BCUT2D eigenvalue weighted by atomic mass is 16.7. The fourth-order valence-corrected chi connectivity index (χ4v) is 2.37. The topological polar surface area (TPSA) is 30.5 Å². The molecule has 2 fully saturated rings. The van der Waals surface area contributed by atoms with Crippen molar-refractivity contribution in [2.24, 2.45) is 5.92 Å². The van der Waals surface area contributed by atoms with Crippen LogP contribution in [0.1, 0.15) is 26.7 Å². The quantitative estimate of drug-likeness (QED) is 0.614. The van der Waals surface area contributed by atoms with Crippen molar-refractivity contribution in [1.29, 1.82) is 0 Å². The fourth-order valence-electron chi connectivity index (χ4n) is 2.37. The van der Waals surface area contributed by atoms with E-state index in [4.69, 9.17) is 9.47 Å². The van der Waals surface area contributed by atoms with Crippen LogP contribution in [0.15, 0.2) is 0 Å². The van der Waals surface area contributed by atoms with Crippen molar-refractivity contribution in [3.63, 3.8) is 0 Å². The lowest BCUT2D eigenvalue weighted by atomic mass is 9.80. The molecule has 2 saturated heterocycles. The number of piperidine rings is 1. The van der Waals surface area contributed by atoms with Gasteiger partial charge >= 0.3 is 0 Å². The van der Waals surface area contributed by atoms with Crippen LogP contribution in [-0.4, -0.2) is 31.6 Å². The molecule has 2 atom stereocenters. The van der Waals surface area contributed by atoms with Crippen LogP contribution < -0.4 is 5.32 Å². The Hall–Kier alpha value is -0.120. The molecule has 2 rings (SSSR count). The molecule has 0 amide bonds. The Morgan fingerprint density at radius 3 is 2.62 bits per heavy atom. The van der Waals surface area contributed by atoms with Crippen LogP contribution in [-0.2, 0) is 9.47 Å². The number of hydrogen-bond acceptors (Lipinski definition) is 3. The normalized spacial score (nSPS) is 39.2. The van der Waals surface area contributed by atoms with E-state index in [0.717, 1.165) is 32.5 Å². The first-order chi connectivity index (χ1) is 6.23. The second-order valence-corrected chi connectivity index (χ2v) is 4.23. The van der Waals surface area contributed by atoms with Crippen LogP contribution >= 0.6 is 0 Å². The van der Waals surface area contributed by atoms with Gasteiger partial charge < -0.3 is 14.8 Å². The highest BCUT2D eigenvalue weighted by Gasteiger charge is 2.42. The molecule has 0 aromatic carbocycles. The predicted octanol–water partition coefficient (Wildman–Crippen LogP) is 1.14. The highest BCUT2D eigenvalue weighted by Crippen LogP contribution is 2.36. The van der Waals surface area contributed by atoms with Crippen molar-refractivity contribution in [2.75, 3.05) is 19.7 Å². The first-order valence-electron chi connectivity index (χ1n) is 5.23. The molecule has 13 heavy (non-hydrogen) atoms. The first kappa shape index (κ1) is 9.44. The third-order valence-corrected chi connectivity index (χ3v) is 3.33. The number of hydrogen-bond donors (Lipinski definition) is 1. The van der Waals surface area contributed by atoms with Crippen LogP contribution in [0.5, 0.6) is 0 Å². The van der Waals surface area contributed by atoms with Gasteiger partial charge in [-0.05, 0) is 32.9 Å². The van der Waals surface area contributed by atoms with Crippen LogP contribution in [0, 0.1) is 5.92 Å². The molecule has 0 aromatic heterocycles. The van der Waals surface area contributed by atoms with Crippen molar-refractivity contribution < 1.29 is 9.47 Å². The fraction of sp³-hybridized carbons (Fsp3) is 1.00. The molecule has 1 spiro atoms. The van der Waals surface area contributed by atoms with E-state index in [1.165, 1.54) is 0 Å². The average Bonchev–Trinajstić information content (AvgIpc) is 2.14. The molecular formula is C10H19NO2. The third kappa shape index (κ3) is 1.73. The van der Waals surface area contributed by atoms with Gasteiger partial charge in [0.15, 0.2) is 6.29 Å². The van der Waals surface area contributed by atoms with Gasteiger partial charge in [-0.1, -0.05) is 6.92 Å². The molecule has 3 heteroatoms. The molecule has 2 unspecified atom stereocenters. The highest BCUT2D eigenvalue weighted by molar-refractivity contribution is 4.92. The molecule has 2 aliphatic heterocycles. The maximum Gasteiger partial charge on any atom is 0.155 e. The lowest BCUT2D eigenvalue weighted by molar-refractivity contribution is -0.278. The van der Waals surface area contributed by atoms with Crippen molar-refractivity contribution in [2.45, 2.75) is 38.6 Å². The summed E-state index contributed by atoms with van der Waals surface area (Å²) in [6.45, 7) is 7.24. The van der Waals surface area contributed by atoms with Gasteiger partial charge in [0.1, 0.15) is 0 Å². The minimum absolute atomic E-state index is 0.0192. The predicted molar refractivity (Wildman–Crippen MR) is 50.5 cm³/mol. The van der Waals surface area contributed by atoms with E-state index in [1.807, 2.05) is 6.92 Å². The summed E-state index contributed by atoms with van der Waals surface area (Å²) in [6.07, 6.45) is 2.23. The lowest BCUT2D eigenvalue weighted by Crippen LogP contribution is -2.54. The molecule has 0 aliphatic carbocycles. The molecule has 1 N–H and O–H groups in total. The third-order valence-electron chi connectivity index (χ3n) is 3.33. The van der Waals surface area contributed by atoms with Crippen LogP contribution in [0.4, 0.5) is 0 Å². The lowest BCUT2D eigenvalue weighted by Gasteiger charge is -2.47. The van der Waals surface area contributed by atoms with E-state index in [9.17, 15) is 0 Å². The summed E-state index contributed by atoms with van der Waals surface area (Å²) >= 11 is 0. The second kappa shape index (κ2) is 3.56. The van der Waals surface area contributed by atoms with Crippen molar-refractivity contribution in [3.8, 4) is 0 Å². The molecule has 2 aliphatic rings. The Bertz CT molecular complexity index is 178. The number of ether oxygens (including phenoxy) is 2. The number of rotatable bonds is 0. The Morgan fingerprint density at radius 2 is 1.92 bits per heavy atom. The van der Waals surface area contributed by atoms with Crippen molar-refractivity contribution in [3.05, 3.63) is 0 Å². The summed E-state index contributed by atoms with van der Waals surface area (Å²) in [5.74, 6) is 0.533. The molecular weight excluding hydrogens is 166 g/mol. The van der Waals surface area contributed by atoms with Crippen LogP contribution in [0.3, 0.4) is 0 Å². The average molecular weight is 185 g/mol. The maximum absolute atomic E-state index is 5.96. The summed E-state index contributed by atoms with van der Waals surface area (Å²) in [6, 6.07) is 0. The SMILES string of the molecule is CC1OCC(C)C2(CCNCC2)O1. The van der Waals surface area contributed by atoms with E-state index >= 15 is 0 Å². The Morgan fingerprint density at radius 1 is 1.23 bits per heavy atom. The van der Waals surface area contributed by atoms with Gasteiger partial charge in [0, 0.05) is 5.92 Å². The van der Waals surface area contributed by atoms with Gasteiger partial charge in [-0.2, -0.15) is 0 Å². The van der Waals surface area contributed by atoms with E-state index < -0.39 is 0 Å². The summed E-state index contributed by atoms with van der Waals surface area (Å²) < 4.78 is 11.4. The first-order valence-corrected chi connectivity index (χ1v) is 5.23. The van der Waals surface area contributed by atoms with Crippen molar-refractivity contribution in [1.82, 2.24) is 5.32 Å². The molecule has 2 heterocycles. The van der Waals surface area contributed by atoms with Gasteiger partial charge in [-0.3, -0.25) is 0 Å². The summed E-state index contributed by atoms with van der Waals surface area (Å²) in [4.78, 5) is 0. The molecule has 3 nitrogen and oxygen atoms in total. The Labute approximate surface area is 79.8 Å². The van der Waals surface area contributed by atoms with Gasteiger partial charge in [0.2, 0.25) is 0 Å². The largest absolute Gasteiger partial charge is 0.353 e. The number of nitrogens with one attached hydrogen (secondary N) is 1. The molecule has 0 bridgehead atoms. The summed E-state index contributed by atoms with van der Waals surface area (Å²) in [7, 11) is 0. The summed E-state index contributed by atoms with van der Waals surface area (Å²) in [5, 5.41) is 3.37. The van der Waals surface area contributed by atoms with E-state index in [-0.39, 0.29) is 11.9 Å². The molecule has 0 aromatic rings. The van der Waals surface area contributed by atoms with E-state index in [0.29, 0.717) is 5.92 Å². The Balaban J connectivity index is 2.07. The Kier molecular flexibility index (Phi) is 2.58.